The van der Waals surface area contributed by atoms with E-state index in [1.54, 1.807) is 30.6 Å². The van der Waals surface area contributed by atoms with Crippen molar-refractivity contribution in [1.29, 1.82) is 0 Å². The van der Waals surface area contributed by atoms with Crippen LogP contribution in [0.15, 0.2) is 47.4 Å². The smallest absolute Gasteiger partial charge is 0.410 e. The van der Waals surface area contributed by atoms with Crippen LogP contribution in [-0.2, 0) is 14.8 Å². The van der Waals surface area contributed by atoms with Gasteiger partial charge in [0.05, 0.1) is 16.6 Å². The molecule has 2 aliphatic rings. The minimum atomic E-state index is -4.37. The van der Waals surface area contributed by atoms with Gasteiger partial charge in [0.25, 0.3) is 10.0 Å². The number of anilines is 1. The fourth-order valence-electron chi connectivity index (χ4n) is 5.13. The third-order valence-electron chi connectivity index (χ3n) is 7.04. The summed E-state index contributed by atoms with van der Waals surface area (Å²) in [5.74, 6) is -1.70. The van der Waals surface area contributed by atoms with E-state index in [0.29, 0.717) is 24.4 Å². The van der Waals surface area contributed by atoms with Gasteiger partial charge in [0.2, 0.25) is 0 Å². The molecule has 2 heterocycles. The van der Waals surface area contributed by atoms with Crippen LogP contribution >= 0.6 is 11.6 Å². The van der Waals surface area contributed by atoms with Gasteiger partial charge in [-0.25, -0.2) is 26.8 Å². The Morgan fingerprint density at radius 2 is 1.68 bits per heavy atom. The minimum Gasteiger partial charge on any atom is -0.444 e. The van der Waals surface area contributed by atoms with E-state index in [9.17, 15) is 22.4 Å². The Morgan fingerprint density at radius 1 is 1.00 bits per heavy atom. The number of halogens is 3. The minimum absolute atomic E-state index is 0.0272. The first-order valence-corrected chi connectivity index (χ1v) is 15.3. The second-order valence-electron chi connectivity index (χ2n) is 11.3. The third-order valence-corrected chi connectivity index (χ3v) is 9.17. The van der Waals surface area contributed by atoms with Crippen molar-refractivity contribution in [2.75, 3.05) is 37.0 Å². The summed E-state index contributed by atoms with van der Waals surface area (Å²) in [5.41, 5.74) is -1.08. The van der Waals surface area contributed by atoms with Crippen LogP contribution < -0.4 is 4.31 Å². The van der Waals surface area contributed by atoms with Gasteiger partial charge in [-0.3, -0.25) is 4.31 Å². The number of piperazine rings is 1. The van der Waals surface area contributed by atoms with Crippen molar-refractivity contribution in [3.05, 3.63) is 59.1 Å². The normalized spacial score (nSPS) is 20.1. The van der Waals surface area contributed by atoms with Crippen molar-refractivity contribution < 1.29 is 31.5 Å². The molecular weight excluding hydrogens is 578 g/mol. The summed E-state index contributed by atoms with van der Waals surface area (Å²) in [6.07, 6.45) is 0.329. The largest absolute Gasteiger partial charge is 0.444 e. The summed E-state index contributed by atoms with van der Waals surface area (Å²) in [5, 5.41) is 0.322. The lowest BCUT2D eigenvalue weighted by molar-refractivity contribution is 0.00797. The highest BCUT2D eigenvalue weighted by Crippen LogP contribution is 2.33. The van der Waals surface area contributed by atoms with Crippen molar-refractivity contribution in [2.24, 2.45) is 0 Å². The molecule has 2 aromatic rings. The maximum atomic E-state index is 15.1. The number of amides is 3. The van der Waals surface area contributed by atoms with Crippen molar-refractivity contribution >= 4 is 39.4 Å². The fraction of sp³-hybridized carbons (Fsp3) is 0.500. The first kappa shape index (κ1) is 30.8. The quantitative estimate of drug-likeness (QED) is 0.465. The zero-order valence-corrected chi connectivity index (χ0v) is 25.1. The Labute approximate surface area is 244 Å². The first-order chi connectivity index (χ1) is 19.2. The van der Waals surface area contributed by atoms with Crippen molar-refractivity contribution in [2.45, 2.75) is 63.1 Å². The highest BCUT2D eigenvalue weighted by Gasteiger charge is 2.40. The molecule has 0 aliphatic carbocycles. The van der Waals surface area contributed by atoms with E-state index < -0.39 is 45.1 Å². The van der Waals surface area contributed by atoms with E-state index in [1.165, 1.54) is 29.2 Å². The first-order valence-electron chi connectivity index (χ1n) is 13.5. The van der Waals surface area contributed by atoms with E-state index in [0.717, 1.165) is 22.5 Å². The van der Waals surface area contributed by atoms with Gasteiger partial charge in [-0.2, -0.15) is 0 Å². The van der Waals surface area contributed by atoms with Crippen molar-refractivity contribution in [1.82, 2.24) is 14.7 Å². The maximum absolute atomic E-state index is 15.1. The lowest BCUT2D eigenvalue weighted by Gasteiger charge is -2.45. The Bertz CT molecular complexity index is 1390. The average Bonchev–Trinajstić information content (AvgIpc) is 2.89. The van der Waals surface area contributed by atoms with Gasteiger partial charge in [0.1, 0.15) is 17.2 Å². The van der Waals surface area contributed by atoms with Gasteiger partial charge in [-0.05, 0) is 76.9 Å². The fourth-order valence-corrected chi connectivity index (χ4v) is 6.93. The lowest BCUT2D eigenvalue weighted by Crippen LogP contribution is -2.61. The molecular formula is C28H35ClF2N4O5S. The third kappa shape index (κ3) is 7.03. The predicted octanol–water partition coefficient (Wildman–Crippen LogP) is 5.34. The zero-order chi connectivity index (χ0) is 30.1. The number of piperidine rings is 1. The molecule has 0 bridgehead atoms. The Kier molecular flexibility index (Phi) is 9.03. The van der Waals surface area contributed by atoms with Gasteiger partial charge in [0.15, 0.2) is 0 Å². The standard InChI is InChI=1S/C28H35ClF2N4O5S/c1-19-17-33(27(37)40-28(2,3)4)14-15-34(19)26(36)32-13-5-6-22(18-32)35(25-16-21(30)9-12-24(25)31)41(38,39)23-10-7-20(29)8-11-23/h7-12,16,19,22H,5-6,13-15,17-18H2,1-4H3/t19-,22+/m1/s1. The predicted molar refractivity (Wildman–Crippen MR) is 151 cm³/mol. The van der Waals surface area contributed by atoms with E-state index in [2.05, 4.69) is 0 Å². The number of urea groups is 1. The molecule has 13 heteroatoms. The average molecular weight is 613 g/mol. The zero-order valence-electron chi connectivity index (χ0n) is 23.5. The van der Waals surface area contributed by atoms with E-state index >= 15 is 4.39 Å². The monoisotopic (exact) mass is 612 g/mol. The number of likely N-dealkylation sites (tertiary alicyclic amines) is 1. The van der Waals surface area contributed by atoms with Gasteiger partial charge >= 0.3 is 12.1 Å². The van der Waals surface area contributed by atoms with E-state index in [-0.39, 0.29) is 43.1 Å². The second kappa shape index (κ2) is 12.0. The van der Waals surface area contributed by atoms with Gasteiger partial charge in [-0.15, -0.1) is 0 Å². The molecule has 3 amide bonds. The number of nitrogens with zero attached hydrogens (tertiary/aromatic N) is 4. The van der Waals surface area contributed by atoms with E-state index in [4.69, 9.17) is 16.3 Å². The van der Waals surface area contributed by atoms with Crippen molar-refractivity contribution in [3.8, 4) is 0 Å². The van der Waals surface area contributed by atoms with E-state index in [1.807, 2.05) is 6.92 Å². The number of benzene rings is 2. The molecule has 0 N–H and O–H groups in total. The van der Waals surface area contributed by atoms with Crippen LogP contribution in [0.25, 0.3) is 0 Å². The van der Waals surface area contributed by atoms with Crippen LogP contribution in [0.3, 0.4) is 0 Å². The number of hydrogen-bond donors (Lipinski definition) is 0. The molecule has 2 atom stereocenters. The molecule has 4 rings (SSSR count). The van der Waals surface area contributed by atoms with Crippen LogP contribution in [0.5, 0.6) is 0 Å². The Hall–Kier alpha value is -3.12. The summed E-state index contributed by atoms with van der Waals surface area (Å²) in [4.78, 5) is 30.8. The van der Waals surface area contributed by atoms with Gasteiger partial charge < -0.3 is 19.4 Å². The SMILES string of the molecule is C[C@@H]1CN(C(=O)OC(C)(C)C)CCN1C(=O)N1CCC[C@H](N(c2cc(F)ccc2F)S(=O)(=O)c2ccc(Cl)cc2)C1. The van der Waals surface area contributed by atoms with Crippen molar-refractivity contribution in [3.63, 3.8) is 0 Å². The number of ether oxygens (including phenoxy) is 1. The van der Waals surface area contributed by atoms with Crippen LogP contribution in [0.4, 0.5) is 24.1 Å². The highest BCUT2D eigenvalue weighted by molar-refractivity contribution is 7.92. The molecule has 9 nitrogen and oxygen atoms in total. The van der Waals surface area contributed by atoms with Crippen LogP contribution in [0.2, 0.25) is 5.02 Å². The number of rotatable bonds is 4. The van der Waals surface area contributed by atoms with Crippen LogP contribution in [0.1, 0.15) is 40.5 Å². The molecule has 0 aromatic heterocycles. The molecule has 0 unspecified atom stereocenters. The summed E-state index contributed by atoms with van der Waals surface area (Å²) >= 11 is 5.95. The number of hydrogen-bond acceptors (Lipinski definition) is 5. The van der Waals surface area contributed by atoms with Gasteiger partial charge in [0, 0.05) is 49.9 Å². The Balaban J connectivity index is 1.57. The summed E-state index contributed by atoms with van der Waals surface area (Å²) in [6, 6.07) is 6.58. The molecule has 0 radical (unpaired) electrons. The molecule has 2 saturated heterocycles. The summed E-state index contributed by atoms with van der Waals surface area (Å²) in [7, 11) is -4.37. The maximum Gasteiger partial charge on any atom is 0.410 e. The summed E-state index contributed by atoms with van der Waals surface area (Å²) < 4.78 is 63.4. The topological polar surface area (TPSA) is 90.5 Å². The number of carbonyl (C=O) groups excluding carboxylic acids is 2. The van der Waals surface area contributed by atoms with Gasteiger partial charge in [-0.1, -0.05) is 11.6 Å². The molecule has 224 valence electrons. The van der Waals surface area contributed by atoms with Crippen LogP contribution in [0, 0.1) is 11.6 Å². The lowest BCUT2D eigenvalue weighted by atomic mass is 10.0. The second-order valence-corrected chi connectivity index (χ2v) is 13.6. The number of sulfonamides is 1. The molecule has 2 aromatic carbocycles. The highest BCUT2D eigenvalue weighted by atomic mass is 35.5. The number of carbonyl (C=O) groups is 2. The van der Waals surface area contributed by atoms with Crippen LogP contribution in [-0.4, -0.2) is 85.7 Å². The Morgan fingerprint density at radius 3 is 2.32 bits per heavy atom. The molecule has 2 fully saturated rings. The molecule has 41 heavy (non-hydrogen) atoms. The molecule has 0 saturated carbocycles. The summed E-state index contributed by atoms with van der Waals surface area (Å²) in [6.45, 7) is 8.36. The molecule has 2 aliphatic heterocycles. The molecule has 0 spiro atoms.